The Bertz CT molecular complexity index is 1060. The van der Waals surface area contributed by atoms with Gasteiger partial charge in [0.25, 0.3) is 5.91 Å². The molecule has 150 valence electrons. The highest BCUT2D eigenvalue weighted by atomic mass is 16.5. The molecule has 0 unspecified atom stereocenters. The summed E-state index contributed by atoms with van der Waals surface area (Å²) in [5.74, 6) is -1.78. The predicted octanol–water partition coefficient (Wildman–Crippen LogP) is 2.42. The van der Waals surface area contributed by atoms with Crippen molar-refractivity contribution in [3.8, 4) is 0 Å². The van der Waals surface area contributed by atoms with Crippen LogP contribution in [0.3, 0.4) is 0 Å². The molecular formula is C20H20N4O5. The molecule has 1 N–H and O–H groups in total. The van der Waals surface area contributed by atoms with Crippen LogP contribution in [0.1, 0.15) is 34.6 Å². The van der Waals surface area contributed by atoms with E-state index in [4.69, 9.17) is 9.47 Å². The van der Waals surface area contributed by atoms with E-state index < -0.39 is 24.5 Å². The van der Waals surface area contributed by atoms with Gasteiger partial charge in [-0.15, -0.1) is 5.10 Å². The number of carbonyl (C=O) groups is 3. The van der Waals surface area contributed by atoms with Gasteiger partial charge >= 0.3 is 11.9 Å². The molecule has 0 bridgehead atoms. The number of nitrogens with zero attached hydrogens (tertiary/aromatic N) is 3. The average Bonchev–Trinajstić information content (AvgIpc) is 3.15. The van der Waals surface area contributed by atoms with E-state index in [1.807, 2.05) is 6.92 Å². The summed E-state index contributed by atoms with van der Waals surface area (Å²) in [5.41, 5.74) is 2.13. The number of ether oxygens (including phenoxy) is 2. The Morgan fingerprint density at radius 2 is 1.83 bits per heavy atom. The van der Waals surface area contributed by atoms with Gasteiger partial charge in [0.05, 0.1) is 28.9 Å². The number of hydrogen-bond acceptors (Lipinski definition) is 7. The Balaban J connectivity index is 1.62. The number of fused-ring (bicyclic) bond motifs is 1. The average molecular weight is 396 g/mol. The first kappa shape index (κ1) is 20.0. The molecule has 0 fully saturated rings. The van der Waals surface area contributed by atoms with Gasteiger partial charge in [0, 0.05) is 6.54 Å². The van der Waals surface area contributed by atoms with Crippen LogP contribution >= 0.6 is 0 Å². The van der Waals surface area contributed by atoms with Crippen molar-refractivity contribution in [2.45, 2.75) is 20.4 Å². The molecule has 0 saturated heterocycles. The largest absolute Gasteiger partial charge is 0.462 e. The van der Waals surface area contributed by atoms with E-state index in [1.165, 1.54) is 6.07 Å². The number of benzene rings is 2. The Labute approximate surface area is 166 Å². The fourth-order valence-corrected chi connectivity index (χ4v) is 2.71. The summed E-state index contributed by atoms with van der Waals surface area (Å²) in [5, 5.41) is 10.5. The number of para-hydroxylation sites is 1. The van der Waals surface area contributed by atoms with Crippen LogP contribution in [-0.2, 0) is 20.8 Å². The van der Waals surface area contributed by atoms with Crippen molar-refractivity contribution in [1.82, 2.24) is 15.0 Å². The third kappa shape index (κ3) is 4.57. The third-order valence-corrected chi connectivity index (χ3v) is 4.08. The Morgan fingerprint density at radius 1 is 1.03 bits per heavy atom. The predicted molar refractivity (Wildman–Crippen MR) is 105 cm³/mol. The minimum atomic E-state index is -0.660. The Kier molecular flexibility index (Phi) is 6.18. The number of rotatable bonds is 7. The zero-order valence-electron chi connectivity index (χ0n) is 16.0. The van der Waals surface area contributed by atoms with E-state index in [9.17, 15) is 14.4 Å². The maximum Gasteiger partial charge on any atom is 0.340 e. The number of amides is 1. The summed E-state index contributed by atoms with van der Waals surface area (Å²) in [7, 11) is 0. The molecule has 3 aromatic rings. The van der Waals surface area contributed by atoms with Gasteiger partial charge in [-0.1, -0.05) is 17.3 Å². The number of anilines is 1. The fraction of sp³-hybridized carbons (Fsp3) is 0.250. The minimum absolute atomic E-state index is 0.217. The summed E-state index contributed by atoms with van der Waals surface area (Å²) < 4.78 is 11.7. The molecular weight excluding hydrogens is 376 g/mol. The minimum Gasteiger partial charge on any atom is -0.462 e. The number of nitrogens with one attached hydrogen (secondary N) is 1. The molecule has 0 aliphatic rings. The fourth-order valence-electron chi connectivity index (χ4n) is 2.71. The second-order valence-corrected chi connectivity index (χ2v) is 6.00. The number of aromatic nitrogens is 3. The van der Waals surface area contributed by atoms with Crippen LogP contribution in [0.5, 0.6) is 0 Å². The highest BCUT2D eigenvalue weighted by Gasteiger charge is 2.16. The highest BCUT2D eigenvalue weighted by molar-refractivity contribution is 6.02. The van der Waals surface area contributed by atoms with Gasteiger partial charge in [-0.3, -0.25) is 4.79 Å². The standard InChI is InChI=1S/C20H20N4O5/c1-3-24-17-10-9-13(11-16(17)22-23-24)19(26)29-12-18(25)21-15-8-6-5-7-14(15)20(27)28-4-2/h5-11H,3-4,12H2,1-2H3,(H,21,25). The van der Waals surface area contributed by atoms with E-state index in [2.05, 4.69) is 15.6 Å². The van der Waals surface area contributed by atoms with Crippen molar-refractivity contribution in [3.63, 3.8) is 0 Å². The zero-order valence-corrected chi connectivity index (χ0v) is 16.0. The number of carbonyl (C=O) groups excluding carboxylic acids is 3. The van der Waals surface area contributed by atoms with Crippen molar-refractivity contribution < 1.29 is 23.9 Å². The number of hydrogen-bond donors (Lipinski definition) is 1. The normalized spacial score (nSPS) is 10.6. The highest BCUT2D eigenvalue weighted by Crippen LogP contribution is 2.17. The van der Waals surface area contributed by atoms with Crippen LogP contribution in [0, 0.1) is 0 Å². The Morgan fingerprint density at radius 3 is 2.59 bits per heavy atom. The molecule has 2 aromatic carbocycles. The smallest absolute Gasteiger partial charge is 0.340 e. The first-order valence-corrected chi connectivity index (χ1v) is 9.09. The van der Waals surface area contributed by atoms with E-state index in [0.29, 0.717) is 12.1 Å². The topological polar surface area (TPSA) is 112 Å². The monoisotopic (exact) mass is 396 g/mol. The van der Waals surface area contributed by atoms with Crippen LogP contribution in [-0.4, -0.2) is 46.1 Å². The van der Waals surface area contributed by atoms with Gasteiger partial charge in [-0.05, 0) is 44.2 Å². The first-order chi connectivity index (χ1) is 14.0. The maximum absolute atomic E-state index is 12.3. The molecule has 0 atom stereocenters. The van der Waals surface area contributed by atoms with Crippen LogP contribution in [0.4, 0.5) is 5.69 Å². The Hall–Kier alpha value is -3.75. The molecule has 3 rings (SSSR count). The summed E-state index contributed by atoms with van der Waals surface area (Å²) in [6.07, 6.45) is 0. The summed E-state index contributed by atoms with van der Waals surface area (Å²) in [6.45, 7) is 4.01. The second-order valence-electron chi connectivity index (χ2n) is 6.00. The van der Waals surface area contributed by atoms with Crippen molar-refractivity contribution >= 4 is 34.6 Å². The van der Waals surface area contributed by atoms with Crippen molar-refractivity contribution in [2.75, 3.05) is 18.5 Å². The lowest BCUT2D eigenvalue weighted by molar-refractivity contribution is -0.119. The lowest BCUT2D eigenvalue weighted by atomic mass is 10.2. The van der Waals surface area contributed by atoms with Gasteiger partial charge in [0.2, 0.25) is 0 Å². The van der Waals surface area contributed by atoms with Crippen LogP contribution in [0.25, 0.3) is 11.0 Å². The van der Waals surface area contributed by atoms with Crippen LogP contribution < -0.4 is 5.32 Å². The molecule has 29 heavy (non-hydrogen) atoms. The van der Waals surface area contributed by atoms with Crippen molar-refractivity contribution in [1.29, 1.82) is 0 Å². The van der Waals surface area contributed by atoms with Crippen molar-refractivity contribution in [2.24, 2.45) is 0 Å². The third-order valence-electron chi connectivity index (χ3n) is 4.08. The van der Waals surface area contributed by atoms with Gasteiger partial charge < -0.3 is 14.8 Å². The summed E-state index contributed by atoms with van der Waals surface area (Å²) in [4.78, 5) is 36.4. The van der Waals surface area contributed by atoms with E-state index in [0.717, 1.165) is 5.52 Å². The zero-order chi connectivity index (χ0) is 20.8. The molecule has 0 aliphatic heterocycles. The van der Waals surface area contributed by atoms with Crippen molar-refractivity contribution in [3.05, 3.63) is 53.6 Å². The molecule has 9 heteroatoms. The lowest BCUT2D eigenvalue weighted by Crippen LogP contribution is -2.22. The second kappa shape index (κ2) is 8.96. The van der Waals surface area contributed by atoms with Gasteiger partial charge in [-0.25, -0.2) is 14.3 Å². The van der Waals surface area contributed by atoms with Crippen LogP contribution in [0.15, 0.2) is 42.5 Å². The molecule has 1 aromatic heterocycles. The molecule has 0 radical (unpaired) electrons. The molecule has 1 amide bonds. The van der Waals surface area contributed by atoms with E-state index in [1.54, 1.807) is 48.0 Å². The SMILES string of the molecule is CCOC(=O)c1ccccc1NC(=O)COC(=O)c1ccc2c(c1)nnn2CC. The molecule has 1 heterocycles. The summed E-state index contributed by atoms with van der Waals surface area (Å²) >= 11 is 0. The van der Waals surface area contributed by atoms with Gasteiger partial charge in [0.15, 0.2) is 6.61 Å². The molecule has 0 spiro atoms. The number of esters is 2. The molecule has 9 nitrogen and oxygen atoms in total. The summed E-state index contributed by atoms with van der Waals surface area (Å²) in [6, 6.07) is 11.3. The number of aryl methyl sites for hydroxylation is 1. The van der Waals surface area contributed by atoms with Gasteiger partial charge in [0.1, 0.15) is 5.52 Å². The maximum atomic E-state index is 12.3. The quantitative estimate of drug-likeness (QED) is 0.610. The lowest BCUT2D eigenvalue weighted by Gasteiger charge is -2.10. The van der Waals surface area contributed by atoms with Gasteiger partial charge in [-0.2, -0.15) is 0 Å². The van der Waals surface area contributed by atoms with E-state index in [-0.39, 0.29) is 23.4 Å². The molecule has 0 saturated carbocycles. The first-order valence-electron chi connectivity index (χ1n) is 9.09. The van der Waals surface area contributed by atoms with E-state index >= 15 is 0 Å². The molecule has 0 aliphatic carbocycles. The van der Waals surface area contributed by atoms with Crippen LogP contribution in [0.2, 0.25) is 0 Å².